The summed E-state index contributed by atoms with van der Waals surface area (Å²) in [6.07, 6.45) is 1.69. The number of thiazole rings is 1. The predicted octanol–water partition coefficient (Wildman–Crippen LogP) is 4.05. The van der Waals surface area contributed by atoms with Gasteiger partial charge in [-0.05, 0) is 24.3 Å². The number of thioether (sulfide) groups is 1. The third kappa shape index (κ3) is 2.47. The lowest BCUT2D eigenvalue weighted by Crippen LogP contribution is -2.17. The van der Waals surface area contributed by atoms with Crippen molar-refractivity contribution in [3.8, 4) is 10.8 Å². The number of thiocarbonyl (C=S) groups is 1. The summed E-state index contributed by atoms with van der Waals surface area (Å²) in [7, 11) is 0. The maximum atomic E-state index is 11.6. The molecule has 0 bridgehead atoms. The number of carbonyl (C=O) groups is 1. The zero-order valence-corrected chi connectivity index (χ0v) is 13.5. The Morgan fingerprint density at radius 2 is 2.09 bits per heavy atom. The van der Waals surface area contributed by atoms with Gasteiger partial charge < -0.3 is 9.73 Å². The van der Waals surface area contributed by atoms with Crippen molar-refractivity contribution in [1.82, 2.24) is 10.3 Å². The number of nitrogens with zero attached hydrogens (tertiary/aromatic N) is 1. The maximum absolute atomic E-state index is 11.6. The Morgan fingerprint density at radius 1 is 1.23 bits per heavy atom. The molecule has 1 aliphatic heterocycles. The van der Waals surface area contributed by atoms with Crippen LogP contribution in [0.25, 0.3) is 27.1 Å². The first kappa shape index (κ1) is 13.7. The van der Waals surface area contributed by atoms with Crippen molar-refractivity contribution in [1.29, 1.82) is 0 Å². The summed E-state index contributed by atoms with van der Waals surface area (Å²) in [6.45, 7) is 0. The summed E-state index contributed by atoms with van der Waals surface area (Å²) in [5, 5.41) is 3.40. The van der Waals surface area contributed by atoms with E-state index in [-0.39, 0.29) is 5.91 Å². The molecule has 4 rings (SSSR count). The minimum absolute atomic E-state index is 0.187. The Kier molecular flexibility index (Phi) is 3.33. The number of fused-ring (bicyclic) bond motifs is 1. The lowest BCUT2D eigenvalue weighted by Gasteiger charge is -1.90. The van der Waals surface area contributed by atoms with E-state index in [0.29, 0.717) is 20.7 Å². The first-order valence-electron chi connectivity index (χ1n) is 6.40. The number of nitrogens with one attached hydrogen (secondary N) is 1. The quantitative estimate of drug-likeness (QED) is 0.561. The first-order chi connectivity index (χ1) is 10.7. The van der Waals surface area contributed by atoms with Gasteiger partial charge in [-0.1, -0.05) is 36.1 Å². The minimum atomic E-state index is -0.187. The lowest BCUT2D eigenvalue weighted by atomic mass is 10.3. The number of benzene rings is 1. The summed E-state index contributed by atoms with van der Waals surface area (Å²) in [4.78, 5) is 16.7. The normalized spacial score (nSPS) is 16.6. The zero-order chi connectivity index (χ0) is 15.1. The molecule has 2 aromatic heterocycles. The van der Waals surface area contributed by atoms with Crippen molar-refractivity contribution in [2.45, 2.75) is 0 Å². The van der Waals surface area contributed by atoms with Crippen LogP contribution in [0, 0.1) is 0 Å². The summed E-state index contributed by atoms with van der Waals surface area (Å²) >= 11 is 7.77. The van der Waals surface area contributed by atoms with E-state index >= 15 is 0 Å². The topological polar surface area (TPSA) is 55.1 Å². The number of aromatic nitrogens is 1. The van der Waals surface area contributed by atoms with Gasteiger partial charge in [0.25, 0.3) is 5.91 Å². The van der Waals surface area contributed by atoms with Gasteiger partial charge in [-0.2, -0.15) is 0 Å². The Morgan fingerprint density at radius 3 is 2.86 bits per heavy atom. The monoisotopic (exact) mass is 344 g/mol. The summed E-state index contributed by atoms with van der Waals surface area (Å²) < 4.78 is 7.36. The van der Waals surface area contributed by atoms with Crippen molar-refractivity contribution in [3.63, 3.8) is 0 Å². The van der Waals surface area contributed by atoms with Gasteiger partial charge in [-0.25, -0.2) is 4.98 Å². The highest BCUT2D eigenvalue weighted by Gasteiger charge is 2.22. The summed E-state index contributed by atoms with van der Waals surface area (Å²) in [6, 6.07) is 11.6. The van der Waals surface area contributed by atoms with Crippen molar-refractivity contribution >= 4 is 61.8 Å². The first-order valence-corrected chi connectivity index (χ1v) is 8.44. The molecule has 7 heteroatoms. The van der Waals surface area contributed by atoms with Crippen molar-refractivity contribution < 1.29 is 9.21 Å². The Bertz CT molecular complexity index is 906. The van der Waals surface area contributed by atoms with Gasteiger partial charge in [0.15, 0.2) is 10.8 Å². The van der Waals surface area contributed by atoms with Crippen LogP contribution in [0.3, 0.4) is 0 Å². The number of amides is 1. The summed E-state index contributed by atoms with van der Waals surface area (Å²) in [5.74, 6) is 1.11. The van der Waals surface area contributed by atoms with Crippen LogP contribution < -0.4 is 5.32 Å². The molecule has 1 saturated heterocycles. The number of furan rings is 1. The van der Waals surface area contributed by atoms with Crippen molar-refractivity contribution in [3.05, 3.63) is 47.1 Å². The highest BCUT2D eigenvalue weighted by atomic mass is 32.2. The molecule has 22 heavy (non-hydrogen) atoms. The number of para-hydroxylation sites is 1. The smallest absolute Gasteiger partial charge is 0.263 e. The average Bonchev–Trinajstić information content (AvgIpc) is 3.18. The van der Waals surface area contributed by atoms with Crippen LogP contribution in [0.5, 0.6) is 0 Å². The molecular weight excluding hydrogens is 336 g/mol. The molecule has 1 N–H and O–H groups in total. The van der Waals surface area contributed by atoms with Crippen LogP contribution in [0.15, 0.2) is 45.7 Å². The van der Waals surface area contributed by atoms with E-state index in [1.807, 2.05) is 36.4 Å². The van der Waals surface area contributed by atoms with E-state index in [1.54, 1.807) is 17.4 Å². The second-order valence-electron chi connectivity index (χ2n) is 4.54. The van der Waals surface area contributed by atoms with Gasteiger partial charge in [0, 0.05) is 6.08 Å². The maximum Gasteiger partial charge on any atom is 0.263 e. The molecule has 0 aliphatic carbocycles. The average molecular weight is 344 g/mol. The highest BCUT2D eigenvalue weighted by Crippen LogP contribution is 2.32. The number of rotatable bonds is 2. The number of hydrogen-bond acceptors (Lipinski definition) is 6. The van der Waals surface area contributed by atoms with E-state index in [9.17, 15) is 4.79 Å². The van der Waals surface area contributed by atoms with E-state index in [0.717, 1.165) is 15.2 Å². The van der Waals surface area contributed by atoms with Crippen LogP contribution in [-0.4, -0.2) is 15.2 Å². The van der Waals surface area contributed by atoms with Crippen LogP contribution in [-0.2, 0) is 4.79 Å². The predicted molar refractivity (Wildman–Crippen MR) is 93.6 cm³/mol. The van der Waals surface area contributed by atoms with Crippen LogP contribution in [0.1, 0.15) is 5.76 Å². The molecule has 4 nitrogen and oxygen atoms in total. The van der Waals surface area contributed by atoms with Crippen LogP contribution in [0.4, 0.5) is 0 Å². The fourth-order valence-corrected chi connectivity index (χ4v) is 4.02. The van der Waals surface area contributed by atoms with Crippen molar-refractivity contribution in [2.24, 2.45) is 0 Å². The lowest BCUT2D eigenvalue weighted by molar-refractivity contribution is -0.115. The zero-order valence-electron chi connectivity index (χ0n) is 11.0. The molecule has 0 spiro atoms. The van der Waals surface area contributed by atoms with Crippen LogP contribution >= 0.6 is 35.3 Å². The largest absolute Gasteiger partial charge is 0.454 e. The fraction of sp³-hybridized carbons (Fsp3) is 0. The second-order valence-corrected chi connectivity index (χ2v) is 7.29. The number of carbonyl (C=O) groups excluding carboxylic acids is 1. The molecule has 0 saturated carbocycles. The molecule has 1 aliphatic rings. The van der Waals surface area contributed by atoms with Gasteiger partial charge in [0.05, 0.1) is 15.1 Å². The van der Waals surface area contributed by atoms with Gasteiger partial charge in [0.2, 0.25) is 0 Å². The summed E-state index contributed by atoms with van der Waals surface area (Å²) in [5.41, 5.74) is 0.954. The fourth-order valence-electron chi connectivity index (χ4n) is 2.07. The van der Waals surface area contributed by atoms with Gasteiger partial charge in [-0.15, -0.1) is 11.3 Å². The molecule has 1 fully saturated rings. The van der Waals surface area contributed by atoms with Gasteiger partial charge in [0.1, 0.15) is 10.1 Å². The Hall–Kier alpha value is -1.96. The Balaban J connectivity index is 1.68. The minimum Gasteiger partial charge on any atom is -0.454 e. The third-order valence-electron chi connectivity index (χ3n) is 3.05. The molecule has 1 aromatic carbocycles. The van der Waals surface area contributed by atoms with Gasteiger partial charge in [-0.3, -0.25) is 4.79 Å². The van der Waals surface area contributed by atoms with Gasteiger partial charge >= 0.3 is 0 Å². The molecule has 108 valence electrons. The van der Waals surface area contributed by atoms with Crippen LogP contribution in [0.2, 0.25) is 0 Å². The Labute approximate surface area is 139 Å². The molecule has 0 radical (unpaired) electrons. The third-order valence-corrected chi connectivity index (χ3v) is 5.26. The number of hydrogen-bond donors (Lipinski definition) is 1. The van der Waals surface area contributed by atoms with E-state index < -0.39 is 0 Å². The molecular formula is C15H8N2O2S3. The van der Waals surface area contributed by atoms with E-state index in [4.69, 9.17) is 16.6 Å². The SMILES string of the molecule is O=C1NC(=S)S/C1=C/c1ccc(-c2nc3ccccc3s2)o1. The van der Waals surface area contributed by atoms with E-state index in [2.05, 4.69) is 10.3 Å². The van der Waals surface area contributed by atoms with E-state index in [1.165, 1.54) is 11.8 Å². The standard InChI is InChI=1S/C15H8N2O2S3/c18-13-12(22-15(20)17-13)7-8-5-6-10(19-8)14-16-9-3-1-2-4-11(9)21-14/h1-7H,(H,17,18,20)/b12-7+. The van der Waals surface area contributed by atoms with Crippen molar-refractivity contribution in [2.75, 3.05) is 0 Å². The molecule has 3 heterocycles. The second kappa shape index (κ2) is 5.35. The molecule has 1 amide bonds. The molecule has 3 aromatic rings. The highest BCUT2D eigenvalue weighted by molar-refractivity contribution is 8.26. The molecule has 0 unspecified atom stereocenters. The molecule has 0 atom stereocenters.